The van der Waals surface area contributed by atoms with Gasteiger partial charge in [-0.2, -0.15) is 0 Å². The van der Waals surface area contributed by atoms with Gasteiger partial charge in [0.25, 0.3) is 0 Å². The van der Waals surface area contributed by atoms with E-state index in [1.165, 1.54) is 90.5 Å². The number of pyridine rings is 6. The summed E-state index contributed by atoms with van der Waals surface area (Å²) >= 11 is 0. The minimum Gasteiger partial charge on any atom is -0.264 e. The average molecular weight is 1660 g/mol. The lowest BCUT2D eigenvalue weighted by Gasteiger charge is -1.98. The lowest BCUT2D eigenvalue weighted by molar-refractivity contribution is 0.974. The second-order valence-electron chi connectivity index (χ2n) is 22.6. The first-order valence-corrected chi connectivity index (χ1v) is 43.5. The minimum atomic E-state index is 0.759. The number of para-hydroxylation sites is 3. The molecule has 0 saturated heterocycles. The maximum Gasteiger partial charge on any atom is 0.128 e. The molecule has 0 unspecified atom stereocenters. The molecular formula is C106H149N17. The van der Waals surface area contributed by atoms with Gasteiger partial charge in [0.05, 0.1) is 27.9 Å². The molecule has 0 aliphatic carbocycles. The number of aryl methyl sites for hydroxylation is 11. The Labute approximate surface area is 742 Å². The Hall–Kier alpha value is -12.9. The Morgan fingerprint density at radius 3 is 1.11 bits per heavy atom. The molecule has 17 rings (SSSR count). The van der Waals surface area contributed by atoms with Crippen molar-refractivity contribution in [2.45, 2.75) is 228 Å². The first-order valence-electron chi connectivity index (χ1n) is 43.5. The van der Waals surface area contributed by atoms with Crippen LogP contribution in [-0.4, -0.2) is 84.7 Å². The number of rotatable bonds is 0. The van der Waals surface area contributed by atoms with Gasteiger partial charge in [-0.25, -0.2) is 34.9 Å². The number of hydrogen-bond acceptors (Lipinski definition) is 17. The summed E-state index contributed by atoms with van der Waals surface area (Å²) in [6.45, 7) is 65.8. The van der Waals surface area contributed by atoms with Gasteiger partial charge in [-0.15, -0.1) is 0 Å². The third-order valence-corrected chi connectivity index (χ3v) is 14.3. The van der Waals surface area contributed by atoms with E-state index in [0.29, 0.717) is 0 Å². The molecule has 11 heterocycles. The lowest BCUT2D eigenvalue weighted by Crippen LogP contribution is -1.84. The van der Waals surface area contributed by atoms with Crippen molar-refractivity contribution in [1.29, 1.82) is 0 Å². The molecule has 11 aromatic heterocycles. The number of hydrogen-bond donors (Lipinski definition) is 0. The Bertz CT molecular complexity index is 4550. The topological polar surface area (TPSA) is 219 Å². The van der Waals surface area contributed by atoms with Crippen molar-refractivity contribution in [3.05, 3.63) is 369 Å². The van der Waals surface area contributed by atoms with Gasteiger partial charge < -0.3 is 0 Å². The van der Waals surface area contributed by atoms with Crippen molar-refractivity contribution in [1.82, 2.24) is 84.7 Å². The van der Waals surface area contributed by atoms with Crippen molar-refractivity contribution < 1.29 is 0 Å². The monoisotopic (exact) mass is 1660 g/mol. The Kier molecular flexibility index (Phi) is 81.2. The molecule has 0 fully saturated rings. The Morgan fingerprint density at radius 2 is 0.659 bits per heavy atom. The summed E-state index contributed by atoms with van der Waals surface area (Å²) < 4.78 is 0. The van der Waals surface area contributed by atoms with Crippen molar-refractivity contribution in [2.24, 2.45) is 0 Å². The highest BCUT2D eigenvalue weighted by Crippen LogP contribution is 2.18. The molecule has 123 heavy (non-hydrogen) atoms. The molecule has 17 heteroatoms. The van der Waals surface area contributed by atoms with Gasteiger partial charge in [0.2, 0.25) is 0 Å². The van der Waals surface area contributed by atoms with E-state index in [9.17, 15) is 0 Å². The fraction of sp³-hybridized carbons (Fsp3) is 0.311. The average Bonchev–Trinajstić information content (AvgIpc) is 0.858. The van der Waals surface area contributed by atoms with Crippen LogP contribution in [0.5, 0.6) is 0 Å². The first-order chi connectivity index (χ1) is 60.2. The van der Waals surface area contributed by atoms with Crippen LogP contribution in [0.2, 0.25) is 0 Å². The summed E-state index contributed by atoms with van der Waals surface area (Å²) in [6, 6.07) is 63.5. The number of aromatic nitrogens is 17. The van der Waals surface area contributed by atoms with Crippen molar-refractivity contribution in [3.8, 4) is 0 Å². The molecule has 0 amide bonds. The molecule has 0 aliphatic heterocycles. The van der Waals surface area contributed by atoms with Crippen molar-refractivity contribution in [3.63, 3.8) is 0 Å². The van der Waals surface area contributed by atoms with Gasteiger partial charge in [0.1, 0.15) is 31.1 Å². The molecule has 0 spiro atoms. The quantitative estimate of drug-likeness (QED) is 0.138. The van der Waals surface area contributed by atoms with E-state index in [-0.39, 0.29) is 0 Å². The zero-order chi connectivity index (χ0) is 93.7. The summed E-state index contributed by atoms with van der Waals surface area (Å²) in [5, 5.41) is 11.2. The zero-order valence-electron chi connectivity index (χ0n) is 81.0. The van der Waals surface area contributed by atoms with E-state index in [0.717, 1.165) is 62.1 Å². The maximum atomic E-state index is 4.38. The summed E-state index contributed by atoms with van der Waals surface area (Å²) in [7, 11) is 0. The van der Waals surface area contributed by atoms with Gasteiger partial charge in [-0.05, 0) is 169 Å². The first kappa shape index (κ1) is 119. The number of benzene rings is 6. The molecule has 0 aliphatic rings. The van der Waals surface area contributed by atoms with E-state index in [1.54, 1.807) is 55.8 Å². The highest BCUT2D eigenvalue weighted by molar-refractivity contribution is 5.86. The summed E-state index contributed by atoms with van der Waals surface area (Å²) in [5.74, 6) is 0.759. The number of fused-ring (bicyclic) bond motifs is 6. The normalized spacial score (nSPS) is 8.53. The van der Waals surface area contributed by atoms with Gasteiger partial charge in [-0.1, -0.05) is 286 Å². The highest BCUT2D eigenvalue weighted by atomic mass is 15.0. The lowest BCUT2D eigenvalue weighted by atomic mass is 10.1. The molecule has 0 saturated carbocycles. The summed E-state index contributed by atoms with van der Waals surface area (Å²) in [6.07, 6.45) is 32.7. The van der Waals surface area contributed by atoms with Crippen molar-refractivity contribution >= 4 is 65.0 Å². The fourth-order valence-corrected chi connectivity index (χ4v) is 9.09. The van der Waals surface area contributed by atoms with Gasteiger partial charge in [0.15, 0.2) is 0 Å². The van der Waals surface area contributed by atoms with Gasteiger partial charge in [0, 0.05) is 148 Å². The third-order valence-electron chi connectivity index (χ3n) is 14.3. The second kappa shape index (κ2) is 84.1. The van der Waals surface area contributed by atoms with Crippen LogP contribution < -0.4 is 0 Å². The minimum absolute atomic E-state index is 0.759. The molecule has 17 aromatic rings. The van der Waals surface area contributed by atoms with Crippen LogP contribution >= 0.6 is 0 Å². The third kappa shape index (κ3) is 55.6. The predicted molar refractivity (Wildman–Crippen MR) is 535 cm³/mol. The maximum absolute atomic E-state index is 4.38. The van der Waals surface area contributed by atoms with E-state index in [1.807, 2.05) is 354 Å². The molecule has 0 radical (unpaired) electrons. The molecule has 658 valence electrons. The fourth-order valence-electron chi connectivity index (χ4n) is 9.09. The standard InChI is InChI=1S/6C10H9N.4C5H6N2.C4H5N3.11C2H6/c1-8-6-11-7-9-4-2-3-5-10(8)9;1-8-6-9-4-2-3-5-10(9)7-11-8;1-8-6-9-4-2-3-5-10(9)11-7-8;1-8-10-5-3-2-4-9(10)6-7-11-8;1-8-6-7-11-10-5-3-2-4-9(8)10;1-8-6-7-9-4-2-3-5-10(9)11-8;1-5-2-6-4-7-3-5;2*1-5-4-6-2-3-7-5;1-5-2-3-6-4-7-5;1-4-6-2-5-3-7-4;11*1-2/h6*2-7H,1H3;4*2-4H,1H3;2-3H,1H3;11*1-2H3. The Morgan fingerprint density at radius 1 is 0.187 bits per heavy atom. The van der Waals surface area contributed by atoms with Crippen LogP contribution in [0.4, 0.5) is 0 Å². The van der Waals surface area contributed by atoms with Crippen molar-refractivity contribution in [2.75, 3.05) is 0 Å². The molecule has 0 N–H and O–H groups in total. The number of nitrogens with zero attached hydrogens (tertiary/aromatic N) is 17. The summed E-state index contributed by atoms with van der Waals surface area (Å²) in [4.78, 5) is 67.2. The van der Waals surface area contributed by atoms with E-state index in [2.05, 4.69) is 184 Å². The molecular weight excluding hydrogens is 1510 g/mol. The van der Waals surface area contributed by atoms with E-state index >= 15 is 0 Å². The van der Waals surface area contributed by atoms with Crippen LogP contribution in [0.25, 0.3) is 65.0 Å². The predicted octanol–water partition coefficient (Wildman–Crippen LogP) is 29.9. The smallest absolute Gasteiger partial charge is 0.128 e. The van der Waals surface area contributed by atoms with Crippen LogP contribution in [-0.2, 0) is 0 Å². The molecule has 17 nitrogen and oxygen atoms in total. The second-order valence-corrected chi connectivity index (χ2v) is 22.6. The molecule has 0 atom stereocenters. The Balaban J connectivity index is -0.000000407. The molecule has 0 bridgehead atoms. The van der Waals surface area contributed by atoms with E-state index < -0.39 is 0 Å². The van der Waals surface area contributed by atoms with Crippen LogP contribution in [0, 0.1) is 76.2 Å². The SMILES string of the molecule is CC.CC.CC.CC.CC.CC.CC.CC.CC.CC.CC.Cc1cc2ccccc2cn1.Cc1ccc2ccccc2n1.Cc1ccnc2ccccc12.Cc1ccncn1.Cc1cnc2ccccc2c1.Cc1cncc2ccccc12.Cc1cnccn1.Cc1cnccn1.Cc1cncnc1.Cc1nccc2ccccc12.Cc1ncncn1. The highest BCUT2D eigenvalue weighted by Gasteiger charge is 1.98. The van der Waals surface area contributed by atoms with Crippen LogP contribution in [0.15, 0.2) is 306 Å². The summed E-state index contributed by atoms with van der Waals surface area (Å²) in [5.41, 5.74) is 14.2. The largest absolute Gasteiger partial charge is 0.264 e. The zero-order valence-corrected chi connectivity index (χ0v) is 81.0. The van der Waals surface area contributed by atoms with Crippen LogP contribution in [0.1, 0.15) is 215 Å². The molecule has 6 aromatic carbocycles. The van der Waals surface area contributed by atoms with Gasteiger partial charge >= 0.3 is 0 Å². The van der Waals surface area contributed by atoms with E-state index in [4.69, 9.17) is 0 Å². The van der Waals surface area contributed by atoms with Crippen LogP contribution in [0.3, 0.4) is 0 Å². The van der Waals surface area contributed by atoms with Gasteiger partial charge in [-0.3, -0.25) is 49.8 Å².